The van der Waals surface area contributed by atoms with Crippen LogP contribution in [-0.4, -0.2) is 45.2 Å². The van der Waals surface area contributed by atoms with Crippen LogP contribution in [0.5, 0.6) is 0 Å². The molecule has 1 fully saturated rings. The second kappa shape index (κ2) is 8.89. The summed E-state index contributed by atoms with van der Waals surface area (Å²) < 4.78 is 0. The third-order valence-corrected chi connectivity index (χ3v) is 5.75. The number of rotatable bonds is 5. The number of β-amino-alcohol motifs (C(OH)–C–C–N with tert-alkyl or cyclic N) is 1. The lowest BCUT2D eigenvalue weighted by molar-refractivity contribution is 0.102. The van der Waals surface area contributed by atoms with Crippen molar-refractivity contribution in [2.75, 3.05) is 23.3 Å². The number of aromatic nitrogens is 3. The fraction of sp³-hybridized carbons (Fsp3) is 0.280. The van der Waals surface area contributed by atoms with E-state index in [1.54, 1.807) is 50.5 Å². The van der Waals surface area contributed by atoms with Gasteiger partial charge in [-0.1, -0.05) is 0 Å². The van der Waals surface area contributed by atoms with Gasteiger partial charge in [-0.25, -0.2) is 4.98 Å². The van der Waals surface area contributed by atoms with Crippen molar-refractivity contribution in [2.45, 2.75) is 32.3 Å². The Kier molecular flexibility index (Phi) is 5.97. The number of hydrogen-bond acceptors (Lipinski definition) is 8. The largest absolute Gasteiger partial charge is 0.389 e. The Morgan fingerprint density at radius 3 is 2.62 bits per heavy atom. The maximum atomic E-state index is 12.9. The number of aliphatic hydroxyl groups is 1. The minimum Gasteiger partial charge on any atom is -0.389 e. The van der Waals surface area contributed by atoms with Gasteiger partial charge in [-0.2, -0.15) is 10.5 Å². The van der Waals surface area contributed by atoms with Gasteiger partial charge in [0.2, 0.25) is 0 Å². The smallest absolute Gasteiger partial charge is 0.255 e. The number of nitriles is 2. The highest BCUT2D eigenvalue weighted by atomic mass is 16.3. The first-order valence-electron chi connectivity index (χ1n) is 10.7. The molecule has 0 aliphatic carbocycles. The highest BCUT2D eigenvalue weighted by Gasteiger charge is 2.28. The van der Waals surface area contributed by atoms with Crippen LogP contribution in [-0.2, 0) is 5.41 Å². The van der Waals surface area contributed by atoms with Crippen molar-refractivity contribution < 1.29 is 9.90 Å². The Morgan fingerprint density at radius 1 is 1.18 bits per heavy atom. The lowest BCUT2D eigenvalue weighted by atomic mass is 9.90. The maximum Gasteiger partial charge on any atom is 0.255 e. The fourth-order valence-corrected chi connectivity index (χ4v) is 3.64. The zero-order chi connectivity index (χ0) is 24.5. The number of carbonyl (C=O) groups is 1. The lowest BCUT2D eigenvalue weighted by Gasteiger charge is -2.37. The third-order valence-electron chi connectivity index (χ3n) is 5.75. The number of aliphatic hydroxyl groups excluding tert-OH is 1. The SMILES string of the molecule is Cc1ncc(NC(=O)c2ccnc(C(C)(C)C#N)c2)cc1-c1cnc(N2CC(O)C2)c(C#N)c1. The van der Waals surface area contributed by atoms with E-state index in [9.17, 15) is 20.4 Å². The second-order valence-corrected chi connectivity index (χ2v) is 8.74. The van der Waals surface area contributed by atoms with Gasteiger partial charge in [0.05, 0.1) is 40.7 Å². The molecule has 0 atom stereocenters. The molecule has 9 heteroatoms. The average Bonchev–Trinajstić information content (AvgIpc) is 2.83. The van der Waals surface area contributed by atoms with Crippen LogP contribution in [0.25, 0.3) is 11.1 Å². The van der Waals surface area contributed by atoms with Crippen molar-refractivity contribution in [3.8, 4) is 23.3 Å². The molecule has 3 aromatic heterocycles. The Labute approximate surface area is 197 Å². The van der Waals surface area contributed by atoms with Gasteiger partial charge >= 0.3 is 0 Å². The highest BCUT2D eigenvalue weighted by molar-refractivity contribution is 6.04. The van der Waals surface area contributed by atoms with Crippen LogP contribution in [0.15, 0.2) is 42.9 Å². The first-order chi connectivity index (χ1) is 16.2. The molecule has 0 aromatic carbocycles. The number of anilines is 2. The predicted octanol–water partition coefficient (Wildman–Crippen LogP) is 2.95. The first-order valence-corrected chi connectivity index (χ1v) is 10.7. The Balaban J connectivity index is 1.60. The minimum absolute atomic E-state index is 0.350. The molecule has 34 heavy (non-hydrogen) atoms. The Bertz CT molecular complexity index is 1350. The van der Waals surface area contributed by atoms with E-state index in [0.717, 1.165) is 11.3 Å². The number of carbonyl (C=O) groups excluding carboxylic acids is 1. The van der Waals surface area contributed by atoms with E-state index in [1.165, 1.54) is 6.20 Å². The molecular weight excluding hydrogens is 430 g/mol. The molecule has 1 aliphatic heterocycles. The van der Waals surface area contributed by atoms with Crippen LogP contribution in [0.4, 0.5) is 11.5 Å². The summed E-state index contributed by atoms with van der Waals surface area (Å²) in [4.78, 5) is 27.8. The molecule has 3 aromatic rings. The highest BCUT2D eigenvalue weighted by Crippen LogP contribution is 2.30. The van der Waals surface area contributed by atoms with E-state index in [0.29, 0.717) is 47.0 Å². The molecule has 170 valence electrons. The molecule has 0 radical (unpaired) electrons. The van der Waals surface area contributed by atoms with E-state index in [4.69, 9.17) is 0 Å². The monoisotopic (exact) mass is 453 g/mol. The second-order valence-electron chi connectivity index (χ2n) is 8.74. The molecular formula is C25H23N7O2. The fourth-order valence-electron chi connectivity index (χ4n) is 3.64. The summed E-state index contributed by atoms with van der Waals surface area (Å²) in [6.45, 7) is 6.22. The van der Waals surface area contributed by atoms with Crippen LogP contribution in [0.2, 0.25) is 0 Å². The van der Waals surface area contributed by atoms with Crippen LogP contribution in [0.1, 0.15) is 41.2 Å². The van der Waals surface area contributed by atoms with E-state index in [-0.39, 0.29) is 5.91 Å². The zero-order valence-corrected chi connectivity index (χ0v) is 19.1. The van der Waals surface area contributed by atoms with Crippen LogP contribution in [0, 0.1) is 29.6 Å². The number of aryl methyl sites for hydroxylation is 1. The molecule has 9 nitrogen and oxygen atoms in total. The molecule has 0 spiro atoms. The molecule has 4 rings (SSSR count). The summed E-state index contributed by atoms with van der Waals surface area (Å²) in [7, 11) is 0. The molecule has 0 saturated carbocycles. The van der Waals surface area contributed by atoms with Gasteiger partial charge < -0.3 is 15.3 Å². The summed E-state index contributed by atoms with van der Waals surface area (Å²) in [5.41, 5.74) is 3.11. The summed E-state index contributed by atoms with van der Waals surface area (Å²) >= 11 is 0. The van der Waals surface area contributed by atoms with Crippen molar-refractivity contribution in [2.24, 2.45) is 0 Å². The minimum atomic E-state index is -0.819. The molecule has 2 N–H and O–H groups in total. The van der Waals surface area contributed by atoms with E-state index >= 15 is 0 Å². The van der Waals surface area contributed by atoms with Crippen LogP contribution >= 0.6 is 0 Å². The third kappa shape index (κ3) is 4.42. The van der Waals surface area contributed by atoms with Gasteiger partial charge in [0.15, 0.2) is 0 Å². The summed E-state index contributed by atoms with van der Waals surface area (Å²) in [6, 6.07) is 11.1. The topological polar surface area (TPSA) is 139 Å². The van der Waals surface area contributed by atoms with Gasteiger partial charge in [0, 0.05) is 47.9 Å². The summed E-state index contributed by atoms with van der Waals surface area (Å²) in [5.74, 6) is 0.192. The molecule has 1 amide bonds. The standard InChI is InChI=1S/C25H23N7O2/c1-15-21(18-6-17(9-26)23(30-10-18)32-12-20(33)13-32)8-19(11-29-15)31-24(34)16-4-5-28-22(7-16)25(2,3)14-27/h4-8,10-11,20,33H,12-13H2,1-3H3,(H,31,34). The maximum absolute atomic E-state index is 12.9. The van der Waals surface area contributed by atoms with Crippen molar-refractivity contribution >= 4 is 17.4 Å². The molecule has 0 unspecified atom stereocenters. The zero-order valence-electron chi connectivity index (χ0n) is 19.1. The van der Waals surface area contributed by atoms with Gasteiger partial charge in [-0.15, -0.1) is 0 Å². The van der Waals surface area contributed by atoms with Gasteiger partial charge in [-0.05, 0) is 45.0 Å². The molecule has 4 heterocycles. The van der Waals surface area contributed by atoms with E-state index in [1.807, 2.05) is 11.8 Å². The number of nitrogens with one attached hydrogen (secondary N) is 1. The van der Waals surface area contributed by atoms with Crippen LogP contribution in [0.3, 0.4) is 0 Å². The summed E-state index contributed by atoms with van der Waals surface area (Å²) in [5, 5.41) is 31.4. The normalized spacial score (nSPS) is 13.5. The molecule has 0 bridgehead atoms. The molecule has 1 saturated heterocycles. The van der Waals surface area contributed by atoms with Crippen LogP contribution < -0.4 is 10.2 Å². The molecule has 1 aliphatic rings. The number of amides is 1. The predicted molar refractivity (Wildman–Crippen MR) is 126 cm³/mol. The Morgan fingerprint density at radius 2 is 1.94 bits per heavy atom. The van der Waals surface area contributed by atoms with Crippen molar-refractivity contribution in [1.29, 1.82) is 10.5 Å². The Hall–Kier alpha value is -4.34. The van der Waals surface area contributed by atoms with Gasteiger partial charge in [0.1, 0.15) is 11.9 Å². The lowest BCUT2D eigenvalue weighted by Crippen LogP contribution is -2.51. The first kappa shape index (κ1) is 22.8. The number of nitrogens with zero attached hydrogens (tertiary/aromatic N) is 6. The van der Waals surface area contributed by atoms with Crippen molar-refractivity contribution in [1.82, 2.24) is 15.0 Å². The van der Waals surface area contributed by atoms with E-state index < -0.39 is 11.5 Å². The van der Waals surface area contributed by atoms with Crippen molar-refractivity contribution in [3.63, 3.8) is 0 Å². The van der Waals surface area contributed by atoms with E-state index in [2.05, 4.69) is 32.4 Å². The van der Waals surface area contributed by atoms with Gasteiger partial charge in [0.25, 0.3) is 5.91 Å². The van der Waals surface area contributed by atoms with Crippen molar-refractivity contribution in [3.05, 3.63) is 65.4 Å². The quantitative estimate of drug-likeness (QED) is 0.601. The number of hydrogen-bond donors (Lipinski definition) is 2. The average molecular weight is 454 g/mol. The van der Waals surface area contributed by atoms with Gasteiger partial charge in [-0.3, -0.25) is 14.8 Å². The summed E-state index contributed by atoms with van der Waals surface area (Å²) in [6.07, 6.45) is 4.33. The number of pyridine rings is 3.